The van der Waals surface area contributed by atoms with Gasteiger partial charge in [0.1, 0.15) is 6.33 Å². The van der Waals surface area contributed by atoms with E-state index >= 15 is 0 Å². The van der Waals surface area contributed by atoms with Gasteiger partial charge in [-0.1, -0.05) is 0 Å². The molecule has 2 heterocycles. The van der Waals surface area contributed by atoms with E-state index < -0.39 is 10.0 Å². The van der Waals surface area contributed by atoms with E-state index in [0.29, 0.717) is 11.3 Å². The number of sulfonamides is 1. The summed E-state index contributed by atoms with van der Waals surface area (Å²) in [6, 6.07) is 1.62. The molecule has 2 rings (SSSR count). The Morgan fingerprint density at radius 1 is 1.44 bits per heavy atom. The number of aromatic amines is 1. The third kappa shape index (κ3) is 2.70. The highest BCUT2D eigenvalue weighted by molar-refractivity contribution is 7.89. The van der Waals surface area contributed by atoms with Crippen molar-refractivity contribution >= 4 is 10.0 Å². The maximum absolute atomic E-state index is 12.0. The second-order valence-corrected chi connectivity index (χ2v) is 5.16. The fourth-order valence-electron chi connectivity index (χ4n) is 1.34. The monoisotopic (exact) mass is 268 g/mol. The molecule has 0 unspecified atom stereocenters. The standard InChI is InChI=1S/C9H12N6O2S/c10-3-7-4-13-15-9(7)18(16,17)14-5-8-1-2-11-6-12-8/h1-2,4,6,14H,3,5,10H2,(H,13,15). The molecule has 0 saturated heterocycles. The molecule has 96 valence electrons. The smallest absolute Gasteiger partial charge is 0.258 e. The zero-order valence-electron chi connectivity index (χ0n) is 9.37. The summed E-state index contributed by atoms with van der Waals surface area (Å²) in [5, 5.41) is 6.07. The average molecular weight is 268 g/mol. The van der Waals surface area contributed by atoms with Crippen LogP contribution in [0.15, 0.2) is 29.8 Å². The summed E-state index contributed by atoms with van der Waals surface area (Å²) < 4.78 is 26.3. The van der Waals surface area contributed by atoms with Crippen molar-refractivity contribution in [1.82, 2.24) is 24.9 Å². The molecule has 8 nitrogen and oxygen atoms in total. The fraction of sp³-hybridized carbons (Fsp3) is 0.222. The molecule has 0 aromatic carbocycles. The van der Waals surface area contributed by atoms with Gasteiger partial charge in [0.05, 0.1) is 18.4 Å². The van der Waals surface area contributed by atoms with E-state index in [1.165, 1.54) is 18.7 Å². The summed E-state index contributed by atoms with van der Waals surface area (Å²) in [6.07, 6.45) is 4.28. The van der Waals surface area contributed by atoms with Crippen LogP contribution in [-0.2, 0) is 23.1 Å². The van der Waals surface area contributed by atoms with Gasteiger partial charge in [0, 0.05) is 18.3 Å². The van der Waals surface area contributed by atoms with E-state index in [-0.39, 0.29) is 18.1 Å². The van der Waals surface area contributed by atoms with Gasteiger partial charge in [-0.15, -0.1) is 0 Å². The van der Waals surface area contributed by atoms with Gasteiger partial charge in [0.25, 0.3) is 10.0 Å². The summed E-state index contributed by atoms with van der Waals surface area (Å²) in [4.78, 5) is 7.66. The minimum absolute atomic E-state index is 0.0148. The molecule has 0 saturated carbocycles. The Morgan fingerprint density at radius 3 is 2.94 bits per heavy atom. The quantitative estimate of drug-likeness (QED) is 0.647. The normalized spacial score (nSPS) is 11.6. The first-order valence-corrected chi connectivity index (χ1v) is 6.58. The van der Waals surface area contributed by atoms with Crippen LogP contribution in [0.5, 0.6) is 0 Å². The van der Waals surface area contributed by atoms with E-state index in [1.54, 1.807) is 6.07 Å². The number of nitrogens with one attached hydrogen (secondary N) is 2. The second-order valence-electron chi connectivity index (χ2n) is 3.45. The number of nitrogens with zero attached hydrogens (tertiary/aromatic N) is 3. The molecule has 18 heavy (non-hydrogen) atoms. The van der Waals surface area contributed by atoms with Gasteiger partial charge in [0.15, 0.2) is 5.03 Å². The van der Waals surface area contributed by atoms with Crippen molar-refractivity contribution in [3.05, 3.63) is 36.0 Å². The predicted octanol–water partition coefficient (Wildman–Crippen LogP) is -0.863. The van der Waals surface area contributed by atoms with Crippen LogP contribution in [0.4, 0.5) is 0 Å². The molecular weight excluding hydrogens is 256 g/mol. The van der Waals surface area contributed by atoms with Crippen LogP contribution in [-0.4, -0.2) is 28.6 Å². The number of nitrogens with two attached hydrogens (primary N) is 1. The van der Waals surface area contributed by atoms with Crippen molar-refractivity contribution in [2.75, 3.05) is 0 Å². The van der Waals surface area contributed by atoms with Crippen LogP contribution in [0, 0.1) is 0 Å². The molecule has 0 bridgehead atoms. The molecule has 2 aromatic heterocycles. The Bertz CT molecular complexity index is 609. The molecule has 4 N–H and O–H groups in total. The van der Waals surface area contributed by atoms with Gasteiger partial charge >= 0.3 is 0 Å². The number of rotatable bonds is 5. The Hall–Kier alpha value is -1.84. The molecule has 0 atom stereocenters. The molecule has 9 heteroatoms. The Labute approximate surface area is 104 Å². The minimum Gasteiger partial charge on any atom is -0.326 e. The Morgan fingerprint density at radius 2 is 2.28 bits per heavy atom. The molecule has 0 aliphatic carbocycles. The maximum atomic E-state index is 12.0. The summed E-state index contributed by atoms with van der Waals surface area (Å²) in [5.41, 5.74) is 6.43. The van der Waals surface area contributed by atoms with E-state index in [1.807, 2.05) is 0 Å². The van der Waals surface area contributed by atoms with Crippen LogP contribution in [0.3, 0.4) is 0 Å². The zero-order chi connectivity index (χ0) is 13.0. The lowest BCUT2D eigenvalue weighted by Crippen LogP contribution is -2.25. The summed E-state index contributed by atoms with van der Waals surface area (Å²) >= 11 is 0. The molecule has 0 fully saturated rings. The first kappa shape index (κ1) is 12.6. The first-order chi connectivity index (χ1) is 8.63. The third-order valence-corrected chi connectivity index (χ3v) is 3.67. The number of hydrogen-bond acceptors (Lipinski definition) is 6. The molecule has 0 spiro atoms. The fourth-order valence-corrected chi connectivity index (χ4v) is 2.48. The van der Waals surface area contributed by atoms with E-state index in [0.717, 1.165) is 0 Å². The number of hydrogen-bond donors (Lipinski definition) is 3. The van der Waals surface area contributed by atoms with Crippen molar-refractivity contribution in [2.45, 2.75) is 18.1 Å². The molecule has 0 amide bonds. The van der Waals surface area contributed by atoms with Crippen LogP contribution >= 0.6 is 0 Å². The summed E-state index contributed by atoms with van der Waals surface area (Å²) in [6.45, 7) is 0.175. The maximum Gasteiger partial charge on any atom is 0.258 e. The Balaban J connectivity index is 2.13. The molecule has 0 radical (unpaired) electrons. The van der Waals surface area contributed by atoms with Gasteiger partial charge in [-0.05, 0) is 6.07 Å². The SMILES string of the molecule is NCc1cn[nH]c1S(=O)(=O)NCc1ccncn1. The zero-order valence-corrected chi connectivity index (χ0v) is 10.2. The van der Waals surface area contributed by atoms with Gasteiger partial charge in [-0.3, -0.25) is 5.10 Å². The van der Waals surface area contributed by atoms with Crippen LogP contribution in [0.25, 0.3) is 0 Å². The summed E-state index contributed by atoms with van der Waals surface area (Å²) in [7, 11) is -3.67. The minimum atomic E-state index is -3.67. The summed E-state index contributed by atoms with van der Waals surface area (Å²) in [5.74, 6) is 0. The second kappa shape index (κ2) is 5.21. The lowest BCUT2D eigenvalue weighted by atomic mass is 10.4. The van der Waals surface area contributed by atoms with Crippen molar-refractivity contribution in [2.24, 2.45) is 5.73 Å². The Kier molecular flexibility index (Phi) is 3.65. The highest BCUT2D eigenvalue weighted by Gasteiger charge is 2.19. The third-order valence-electron chi connectivity index (χ3n) is 2.25. The van der Waals surface area contributed by atoms with Gasteiger partial charge in [0.2, 0.25) is 0 Å². The van der Waals surface area contributed by atoms with Gasteiger partial charge in [-0.2, -0.15) is 5.10 Å². The van der Waals surface area contributed by atoms with E-state index in [9.17, 15) is 8.42 Å². The van der Waals surface area contributed by atoms with Crippen LogP contribution < -0.4 is 10.5 Å². The largest absolute Gasteiger partial charge is 0.326 e. The molecule has 0 aliphatic heterocycles. The van der Waals surface area contributed by atoms with Crippen molar-refractivity contribution in [1.29, 1.82) is 0 Å². The topological polar surface area (TPSA) is 127 Å². The van der Waals surface area contributed by atoms with Gasteiger partial charge < -0.3 is 5.73 Å². The highest BCUT2D eigenvalue weighted by atomic mass is 32.2. The lowest BCUT2D eigenvalue weighted by molar-refractivity contribution is 0.574. The number of H-pyrrole nitrogens is 1. The average Bonchev–Trinajstić information content (AvgIpc) is 2.87. The van der Waals surface area contributed by atoms with Crippen LogP contribution in [0.2, 0.25) is 0 Å². The molecule has 2 aromatic rings. The number of aromatic nitrogens is 4. The van der Waals surface area contributed by atoms with E-state index in [2.05, 4.69) is 24.9 Å². The molecular formula is C9H12N6O2S. The molecule has 0 aliphatic rings. The highest BCUT2D eigenvalue weighted by Crippen LogP contribution is 2.10. The van der Waals surface area contributed by atoms with E-state index in [4.69, 9.17) is 5.73 Å². The van der Waals surface area contributed by atoms with Crippen LogP contribution in [0.1, 0.15) is 11.3 Å². The van der Waals surface area contributed by atoms with Crippen molar-refractivity contribution in [3.63, 3.8) is 0 Å². The predicted molar refractivity (Wildman–Crippen MR) is 62.5 cm³/mol. The van der Waals surface area contributed by atoms with Crippen molar-refractivity contribution in [3.8, 4) is 0 Å². The first-order valence-electron chi connectivity index (χ1n) is 5.10. The van der Waals surface area contributed by atoms with Crippen molar-refractivity contribution < 1.29 is 8.42 Å². The van der Waals surface area contributed by atoms with Gasteiger partial charge in [-0.25, -0.2) is 23.1 Å². The lowest BCUT2D eigenvalue weighted by Gasteiger charge is -2.05.